The average Bonchev–Trinajstić information content (AvgIpc) is 3.21. The van der Waals surface area contributed by atoms with E-state index in [2.05, 4.69) is 24.3 Å². The molecule has 5 aromatic carbocycles. The Morgan fingerprint density at radius 2 is 1.25 bits per heavy atom. The van der Waals surface area contributed by atoms with Crippen LogP contribution < -0.4 is 0 Å². The Morgan fingerprint density at radius 3 is 2.03 bits per heavy atom. The van der Waals surface area contributed by atoms with Crippen molar-refractivity contribution < 1.29 is 8.81 Å². The predicted octanol–water partition coefficient (Wildman–Crippen LogP) is 8.08. The molecule has 3 heteroatoms. The molecule has 0 fully saturated rings. The van der Waals surface area contributed by atoms with Gasteiger partial charge in [-0.15, -0.1) is 0 Å². The van der Waals surface area contributed by atoms with Crippen molar-refractivity contribution in [1.29, 1.82) is 5.26 Å². The summed E-state index contributed by atoms with van der Waals surface area (Å²) in [6, 6.07) is 32.9. The van der Waals surface area contributed by atoms with Gasteiger partial charge in [0.25, 0.3) is 0 Å². The van der Waals surface area contributed by atoms with E-state index in [9.17, 15) is 4.39 Å². The zero-order valence-electron chi connectivity index (χ0n) is 17.0. The van der Waals surface area contributed by atoms with E-state index in [-0.39, 0.29) is 0 Å². The number of hydrogen-bond acceptors (Lipinski definition) is 2. The molecule has 0 saturated heterocycles. The predicted molar refractivity (Wildman–Crippen MR) is 127 cm³/mol. The van der Waals surface area contributed by atoms with Crippen molar-refractivity contribution in [3.63, 3.8) is 0 Å². The summed E-state index contributed by atoms with van der Waals surface area (Å²) in [6.45, 7) is 0. The smallest absolute Gasteiger partial charge is 0.135 e. The summed E-state index contributed by atoms with van der Waals surface area (Å²) < 4.78 is 20.8. The molecule has 0 saturated carbocycles. The van der Waals surface area contributed by atoms with Gasteiger partial charge in [-0.2, -0.15) is 5.26 Å². The van der Waals surface area contributed by atoms with Crippen LogP contribution in [0.15, 0.2) is 101 Å². The molecule has 150 valence electrons. The van der Waals surface area contributed by atoms with Gasteiger partial charge in [-0.3, -0.25) is 0 Å². The van der Waals surface area contributed by atoms with Crippen molar-refractivity contribution >= 4 is 32.7 Å². The lowest BCUT2D eigenvalue weighted by molar-refractivity contribution is 0.631. The summed E-state index contributed by atoms with van der Waals surface area (Å²) in [5, 5.41) is 13.2. The lowest BCUT2D eigenvalue weighted by atomic mass is 9.91. The number of nitrogens with zero attached hydrogens (tertiary/aromatic N) is 1. The zero-order chi connectivity index (χ0) is 21.7. The Morgan fingerprint density at radius 1 is 0.594 bits per heavy atom. The fourth-order valence-electron chi connectivity index (χ4n) is 4.48. The highest BCUT2D eigenvalue weighted by atomic mass is 19.1. The first-order valence-corrected chi connectivity index (χ1v) is 10.4. The van der Waals surface area contributed by atoms with Gasteiger partial charge in [-0.05, 0) is 57.8 Å². The summed E-state index contributed by atoms with van der Waals surface area (Å²) >= 11 is 0. The van der Waals surface area contributed by atoms with Crippen molar-refractivity contribution in [2.24, 2.45) is 0 Å². The maximum atomic E-state index is 14.8. The number of furan rings is 1. The topological polar surface area (TPSA) is 36.9 Å². The molecule has 1 aromatic heterocycles. The van der Waals surface area contributed by atoms with Gasteiger partial charge in [-0.25, -0.2) is 4.39 Å². The van der Waals surface area contributed by atoms with Crippen molar-refractivity contribution in [1.82, 2.24) is 0 Å². The molecular weight excluding hydrogens is 397 g/mol. The number of fused-ring (bicyclic) bond motifs is 4. The fourth-order valence-corrected chi connectivity index (χ4v) is 4.48. The molecule has 2 nitrogen and oxygen atoms in total. The quantitative estimate of drug-likeness (QED) is 0.288. The first-order chi connectivity index (χ1) is 15.7. The number of para-hydroxylation sites is 1. The van der Waals surface area contributed by atoms with E-state index in [0.717, 1.165) is 49.4 Å². The Labute approximate surface area is 183 Å². The fraction of sp³-hybridized carbons (Fsp3) is 0. The standard InChI is InChI=1S/C29H16FNO/c30-27-15-18(17-31)9-11-24(27)23-13-12-20(21-5-1-2-6-22(21)23)19-10-14-29-26(16-19)25-7-3-4-8-28(25)32-29/h1-16H. The second kappa shape index (κ2) is 7.08. The highest BCUT2D eigenvalue weighted by molar-refractivity contribution is 6.09. The van der Waals surface area contributed by atoms with Crippen LogP contribution in [0, 0.1) is 17.1 Å². The number of nitriles is 1. The third-order valence-corrected chi connectivity index (χ3v) is 6.00. The van der Waals surface area contributed by atoms with Crippen LogP contribution in [-0.2, 0) is 0 Å². The van der Waals surface area contributed by atoms with Crippen LogP contribution in [0.2, 0.25) is 0 Å². The molecule has 0 N–H and O–H groups in total. The van der Waals surface area contributed by atoms with Gasteiger partial charge in [0.05, 0.1) is 11.6 Å². The van der Waals surface area contributed by atoms with Gasteiger partial charge in [0.1, 0.15) is 17.0 Å². The van der Waals surface area contributed by atoms with Crippen LogP contribution in [0.3, 0.4) is 0 Å². The largest absolute Gasteiger partial charge is 0.456 e. The van der Waals surface area contributed by atoms with Crippen LogP contribution in [0.1, 0.15) is 5.56 Å². The maximum absolute atomic E-state index is 14.8. The molecule has 0 unspecified atom stereocenters. The zero-order valence-corrected chi connectivity index (χ0v) is 17.0. The Balaban J connectivity index is 1.58. The third-order valence-electron chi connectivity index (χ3n) is 6.00. The van der Waals surface area contributed by atoms with Crippen LogP contribution in [0.4, 0.5) is 4.39 Å². The lowest BCUT2D eigenvalue weighted by Gasteiger charge is -2.13. The van der Waals surface area contributed by atoms with Crippen LogP contribution in [-0.4, -0.2) is 0 Å². The molecule has 0 aliphatic heterocycles. The molecule has 0 atom stereocenters. The van der Waals surface area contributed by atoms with Gasteiger partial charge in [0, 0.05) is 16.3 Å². The van der Waals surface area contributed by atoms with Gasteiger partial charge in [-0.1, -0.05) is 66.7 Å². The minimum absolute atomic E-state index is 0.313. The molecule has 0 aliphatic rings. The summed E-state index contributed by atoms with van der Waals surface area (Å²) in [5.74, 6) is -0.395. The van der Waals surface area contributed by atoms with Crippen LogP contribution in [0.5, 0.6) is 0 Å². The average molecular weight is 413 g/mol. The highest BCUT2D eigenvalue weighted by Gasteiger charge is 2.14. The molecule has 0 amide bonds. The van der Waals surface area contributed by atoms with E-state index in [1.807, 2.05) is 60.7 Å². The molecule has 0 spiro atoms. The summed E-state index contributed by atoms with van der Waals surface area (Å²) in [6.07, 6.45) is 0. The van der Waals surface area contributed by atoms with E-state index in [0.29, 0.717) is 11.1 Å². The van der Waals surface area contributed by atoms with E-state index < -0.39 is 5.82 Å². The van der Waals surface area contributed by atoms with Gasteiger partial charge in [0.15, 0.2) is 0 Å². The molecule has 0 aliphatic carbocycles. The Kier molecular flexibility index (Phi) is 4.06. The van der Waals surface area contributed by atoms with Crippen LogP contribution >= 0.6 is 0 Å². The molecule has 32 heavy (non-hydrogen) atoms. The van der Waals surface area contributed by atoms with Crippen molar-refractivity contribution in [3.05, 3.63) is 108 Å². The number of benzene rings is 5. The third kappa shape index (κ3) is 2.78. The van der Waals surface area contributed by atoms with E-state index in [4.69, 9.17) is 9.68 Å². The Hall–Kier alpha value is -4.42. The summed E-state index contributed by atoms with van der Waals surface area (Å²) in [4.78, 5) is 0. The molecular formula is C29H16FNO. The van der Waals surface area contributed by atoms with Crippen molar-refractivity contribution in [2.75, 3.05) is 0 Å². The molecule has 0 radical (unpaired) electrons. The van der Waals surface area contributed by atoms with Crippen molar-refractivity contribution in [2.45, 2.75) is 0 Å². The minimum Gasteiger partial charge on any atom is -0.456 e. The van der Waals surface area contributed by atoms with E-state index in [1.54, 1.807) is 12.1 Å². The molecule has 6 rings (SSSR count). The maximum Gasteiger partial charge on any atom is 0.135 e. The molecule has 0 bridgehead atoms. The van der Waals surface area contributed by atoms with Gasteiger partial charge >= 0.3 is 0 Å². The lowest BCUT2D eigenvalue weighted by Crippen LogP contribution is -1.90. The second-order valence-corrected chi connectivity index (χ2v) is 7.82. The minimum atomic E-state index is -0.395. The van der Waals surface area contributed by atoms with Gasteiger partial charge < -0.3 is 4.42 Å². The number of halogens is 1. The first kappa shape index (κ1) is 18.4. The first-order valence-electron chi connectivity index (χ1n) is 10.4. The monoisotopic (exact) mass is 413 g/mol. The van der Waals surface area contributed by atoms with E-state index in [1.165, 1.54) is 6.07 Å². The normalized spacial score (nSPS) is 11.2. The number of rotatable bonds is 2. The van der Waals surface area contributed by atoms with Crippen molar-refractivity contribution in [3.8, 4) is 28.3 Å². The SMILES string of the molecule is N#Cc1ccc(-c2ccc(-c3ccc4oc5ccccc5c4c3)c3ccccc23)c(F)c1. The Bertz CT molecular complexity index is 1700. The highest BCUT2D eigenvalue weighted by Crippen LogP contribution is 2.38. The van der Waals surface area contributed by atoms with Gasteiger partial charge in [0.2, 0.25) is 0 Å². The summed E-state index contributed by atoms with van der Waals surface area (Å²) in [5.41, 5.74) is 5.49. The number of hydrogen-bond donors (Lipinski definition) is 0. The second-order valence-electron chi connectivity index (χ2n) is 7.82. The molecule has 6 aromatic rings. The van der Waals surface area contributed by atoms with Crippen LogP contribution in [0.25, 0.3) is 55.0 Å². The van der Waals surface area contributed by atoms with E-state index >= 15 is 0 Å². The molecule has 1 heterocycles. The summed E-state index contributed by atoms with van der Waals surface area (Å²) in [7, 11) is 0.